The highest BCUT2D eigenvalue weighted by atomic mass is 16.6. The second-order valence-electron chi connectivity index (χ2n) is 5.88. The van der Waals surface area contributed by atoms with Gasteiger partial charge in [0, 0.05) is 4.92 Å². The van der Waals surface area contributed by atoms with Gasteiger partial charge in [-0.2, -0.15) is 0 Å². The minimum absolute atomic E-state index is 0.00280. The molecule has 0 spiro atoms. The molecule has 0 aliphatic carbocycles. The Morgan fingerprint density at radius 2 is 1.95 bits per heavy atom. The summed E-state index contributed by atoms with van der Waals surface area (Å²) in [5.41, 5.74) is -0.720. The van der Waals surface area contributed by atoms with E-state index in [9.17, 15) is 19.7 Å². The Balaban J connectivity index is 4.16. The lowest BCUT2D eigenvalue weighted by atomic mass is 10.1. The molecular weight excluding hydrogens is 294 g/mol. The van der Waals surface area contributed by atoms with Gasteiger partial charge in [0.2, 0.25) is 6.54 Å². The van der Waals surface area contributed by atoms with E-state index in [1.165, 1.54) is 0 Å². The second-order valence-corrected chi connectivity index (χ2v) is 5.88. The van der Waals surface area contributed by atoms with Crippen molar-refractivity contribution in [1.82, 2.24) is 5.32 Å². The summed E-state index contributed by atoms with van der Waals surface area (Å²) in [4.78, 5) is 32.2. The van der Waals surface area contributed by atoms with Gasteiger partial charge in [-0.3, -0.25) is 10.1 Å². The van der Waals surface area contributed by atoms with Crippen LogP contribution >= 0.6 is 0 Å². The van der Waals surface area contributed by atoms with Crippen molar-refractivity contribution < 1.29 is 24.4 Å². The molecule has 0 saturated heterocycles. The molecule has 0 fully saturated rings. The van der Waals surface area contributed by atoms with Crippen LogP contribution in [0.1, 0.15) is 46.5 Å². The van der Waals surface area contributed by atoms with Crippen molar-refractivity contribution >= 4 is 17.8 Å². The lowest BCUT2D eigenvalue weighted by Gasteiger charge is -2.22. The third-order valence-electron chi connectivity index (χ3n) is 2.53. The number of rotatable bonds is 9. The Hall–Kier alpha value is -2.19. The number of alkyl carbamates (subject to hydrolysis) is 1. The molecule has 0 heterocycles. The largest absolute Gasteiger partial charge is 0.480 e. The van der Waals surface area contributed by atoms with Crippen molar-refractivity contribution in [1.29, 1.82) is 5.41 Å². The Morgan fingerprint density at radius 3 is 2.41 bits per heavy atom. The fourth-order valence-electron chi connectivity index (χ4n) is 1.63. The quantitative estimate of drug-likeness (QED) is 0.256. The van der Waals surface area contributed by atoms with E-state index >= 15 is 0 Å². The average Bonchev–Trinajstić information content (AvgIpc) is 2.29. The number of nitrogens with one attached hydrogen (secondary N) is 2. The van der Waals surface area contributed by atoms with Gasteiger partial charge in [-0.25, -0.2) is 9.59 Å². The third kappa shape index (κ3) is 10.6. The van der Waals surface area contributed by atoms with Gasteiger partial charge in [-0.05, 0) is 40.0 Å². The van der Waals surface area contributed by atoms with Crippen LogP contribution in [0, 0.1) is 15.5 Å². The van der Waals surface area contributed by atoms with Crippen molar-refractivity contribution in [2.75, 3.05) is 6.54 Å². The molecule has 1 atom stereocenters. The van der Waals surface area contributed by atoms with Gasteiger partial charge in [0.1, 0.15) is 11.6 Å². The first-order valence-electron chi connectivity index (χ1n) is 6.91. The zero-order valence-corrected chi connectivity index (χ0v) is 13.0. The van der Waals surface area contributed by atoms with E-state index in [0.29, 0.717) is 12.8 Å². The molecule has 22 heavy (non-hydrogen) atoms. The fourth-order valence-corrected chi connectivity index (χ4v) is 1.63. The molecule has 0 aromatic heterocycles. The van der Waals surface area contributed by atoms with E-state index in [1.807, 2.05) is 0 Å². The molecular formula is C13H23N3O6. The number of carbonyl (C=O) groups is 2. The Bertz CT molecular complexity index is 430. The van der Waals surface area contributed by atoms with Crippen LogP contribution < -0.4 is 5.32 Å². The van der Waals surface area contributed by atoms with Crippen LogP contribution in [-0.2, 0) is 9.53 Å². The van der Waals surface area contributed by atoms with Crippen LogP contribution in [0.25, 0.3) is 0 Å². The van der Waals surface area contributed by atoms with Gasteiger partial charge in [0.15, 0.2) is 0 Å². The Kier molecular flexibility index (Phi) is 8.06. The molecule has 0 aromatic rings. The molecule has 9 nitrogen and oxygen atoms in total. The number of unbranched alkanes of at least 4 members (excludes halogenated alkanes) is 1. The topological polar surface area (TPSA) is 143 Å². The molecule has 0 unspecified atom stereocenters. The highest BCUT2D eigenvalue weighted by Crippen LogP contribution is 2.09. The van der Waals surface area contributed by atoms with E-state index in [2.05, 4.69) is 5.32 Å². The van der Waals surface area contributed by atoms with Gasteiger partial charge in [-0.15, -0.1) is 0 Å². The average molecular weight is 317 g/mol. The van der Waals surface area contributed by atoms with Gasteiger partial charge >= 0.3 is 12.1 Å². The van der Waals surface area contributed by atoms with Crippen molar-refractivity contribution in [3.63, 3.8) is 0 Å². The van der Waals surface area contributed by atoms with Crippen LogP contribution in [0.5, 0.6) is 0 Å². The van der Waals surface area contributed by atoms with Crippen molar-refractivity contribution in [3.8, 4) is 0 Å². The van der Waals surface area contributed by atoms with E-state index in [1.54, 1.807) is 20.8 Å². The standard InChI is InChI=1S/C13H23N3O6/c1-13(2,3)22-12(19)15-10(11(17)18)7-5-4-6-9(14)8-16(20)21/h10,14H,4-8H2,1-3H3,(H,15,19)(H,17,18)/t10-/m1/s1. The molecule has 0 bridgehead atoms. The number of nitrogens with zero attached hydrogens (tertiary/aromatic N) is 1. The number of carboxylic acids is 1. The van der Waals surface area contributed by atoms with Gasteiger partial charge in [0.05, 0.1) is 5.71 Å². The fraction of sp³-hybridized carbons (Fsp3) is 0.769. The number of nitro groups is 1. The highest BCUT2D eigenvalue weighted by molar-refractivity contribution is 5.82. The molecule has 0 radical (unpaired) electrons. The molecule has 126 valence electrons. The zero-order chi connectivity index (χ0) is 17.3. The van der Waals surface area contributed by atoms with Crippen molar-refractivity contribution in [2.24, 2.45) is 0 Å². The third-order valence-corrected chi connectivity index (χ3v) is 2.53. The van der Waals surface area contributed by atoms with Crippen molar-refractivity contribution in [3.05, 3.63) is 10.1 Å². The monoisotopic (exact) mass is 317 g/mol. The number of carbonyl (C=O) groups excluding carboxylic acids is 1. The van der Waals surface area contributed by atoms with Crippen LogP contribution in [0.4, 0.5) is 4.79 Å². The number of carboxylic acid groups (broad SMARTS) is 1. The lowest BCUT2D eigenvalue weighted by Crippen LogP contribution is -2.43. The maximum Gasteiger partial charge on any atom is 0.408 e. The maximum absolute atomic E-state index is 11.5. The molecule has 1 amide bonds. The zero-order valence-electron chi connectivity index (χ0n) is 13.0. The van der Waals surface area contributed by atoms with Crippen LogP contribution in [-0.4, -0.2) is 46.0 Å². The molecule has 9 heteroatoms. The second kappa shape index (κ2) is 8.96. The van der Waals surface area contributed by atoms with E-state index in [0.717, 1.165) is 0 Å². The van der Waals surface area contributed by atoms with Crippen LogP contribution in [0.15, 0.2) is 0 Å². The van der Waals surface area contributed by atoms with Gasteiger partial charge < -0.3 is 20.6 Å². The molecule has 0 aliphatic heterocycles. The minimum Gasteiger partial charge on any atom is -0.480 e. The summed E-state index contributed by atoms with van der Waals surface area (Å²) in [6, 6.07) is -1.08. The summed E-state index contributed by atoms with van der Waals surface area (Å²) in [5.74, 6) is -1.17. The summed E-state index contributed by atoms with van der Waals surface area (Å²) < 4.78 is 4.98. The number of aliphatic carboxylic acids is 1. The van der Waals surface area contributed by atoms with E-state index in [4.69, 9.17) is 15.3 Å². The Morgan fingerprint density at radius 1 is 1.36 bits per heavy atom. The highest BCUT2D eigenvalue weighted by Gasteiger charge is 2.23. The molecule has 0 aliphatic rings. The summed E-state index contributed by atoms with van der Waals surface area (Å²) in [6.45, 7) is 4.51. The number of hydrogen-bond donors (Lipinski definition) is 3. The molecule has 3 N–H and O–H groups in total. The smallest absolute Gasteiger partial charge is 0.408 e. The summed E-state index contributed by atoms with van der Waals surface area (Å²) in [6.07, 6.45) is 0.473. The molecule has 0 saturated carbocycles. The lowest BCUT2D eigenvalue weighted by molar-refractivity contribution is -0.463. The van der Waals surface area contributed by atoms with Gasteiger partial charge in [0.25, 0.3) is 0 Å². The first kappa shape index (κ1) is 19.8. The van der Waals surface area contributed by atoms with Gasteiger partial charge in [-0.1, -0.05) is 6.42 Å². The summed E-state index contributed by atoms with van der Waals surface area (Å²) in [7, 11) is 0. The van der Waals surface area contributed by atoms with Crippen LogP contribution in [0.3, 0.4) is 0 Å². The minimum atomic E-state index is -1.17. The summed E-state index contributed by atoms with van der Waals surface area (Å²) in [5, 5.41) is 28.9. The molecule has 0 rings (SSSR count). The maximum atomic E-state index is 11.5. The predicted octanol–water partition coefficient (Wildman–Crippen LogP) is 1.82. The number of hydrogen-bond acceptors (Lipinski definition) is 6. The SMILES string of the molecule is CC(C)(C)OC(=O)N[C@H](CCCCC(=N)C[N+](=O)[O-])C(=O)O. The molecule has 0 aromatic carbocycles. The van der Waals surface area contributed by atoms with E-state index < -0.39 is 35.2 Å². The van der Waals surface area contributed by atoms with Crippen LogP contribution in [0.2, 0.25) is 0 Å². The first-order valence-corrected chi connectivity index (χ1v) is 6.91. The first-order chi connectivity index (χ1) is 10.0. The summed E-state index contributed by atoms with van der Waals surface area (Å²) >= 11 is 0. The number of amides is 1. The normalized spacial score (nSPS) is 12.3. The number of ether oxygens (including phenoxy) is 1. The van der Waals surface area contributed by atoms with E-state index in [-0.39, 0.29) is 18.6 Å². The van der Waals surface area contributed by atoms with Crippen molar-refractivity contribution in [2.45, 2.75) is 58.1 Å². The predicted molar refractivity (Wildman–Crippen MR) is 78.8 cm³/mol. The Labute approximate surface area is 128 Å².